The van der Waals surface area contributed by atoms with Gasteiger partial charge in [0.25, 0.3) is 5.22 Å². The Kier molecular flexibility index (Phi) is 4.77. The molecule has 0 spiro atoms. The number of benzene rings is 1. The summed E-state index contributed by atoms with van der Waals surface area (Å²) in [6, 6.07) is 9.96. The average molecular weight is 317 g/mol. The molecule has 0 aliphatic carbocycles. The van der Waals surface area contributed by atoms with Crippen LogP contribution >= 0.6 is 11.8 Å². The fourth-order valence-corrected chi connectivity index (χ4v) is 3.29. The molecule has 1 atom stereocenters. The summed E-state index contributed by atoms with van der Waals surface area (Å²) < 4.78 is 5.60. The first-order chi connectivity index (χ1) is 10.7. The predicted molar refractivity (Wildman–Crippen MR) is 85.5 cm³/mol. The lowest BCUT2D eigenvalue weighted by Crippen LogP contribution is -2.42. The molecule has 116 valence electrons. The lowest BCUT2D eigenvalue weighted by atomic mass is 10.0. The van der Waals surface area contributed by atoms with Crippen molar-refractivity contribution in [3.8, 4) is 11.5 Å². The smallest absolute Gasteiger partial charge is 0.277 e. The van der Waals surface area contributed by atoms with E-state index in [9.17, 15) is 4.79 Å². The minimum Gasteiger partial charge on any atom is -0.411 e. The number of rotatable bonds is 4. The van der Waals surface area contributed by atoms with Crippen LogP contribution in [0, 0.1) is 0 Å². The van der Waals surface area contributed by atoms with E-state index in [1.165, 1.54) is 18.2 Å². The average Bonchev–Trinajstić information content (AvgIpc) is 3.03. The summed E-state index contributed by atoms with van der Waals surface area (Å²) in [5.41, 5.74) is 0.887. The SMILES string of the molecule is CC1CCCCN1C(=O)CSc1nnc(-c2ccccc2)o1. The molecule has 0 bridgehead atoms. The Labute approximate surface area is 134 Å². The highest BCUT2D eigenvalue weighted by Gasteiger charge is 2.23. The Morgan fingerprint density at radius 3 is 2.91 bits per heavy atom. The standard InChI is InChI=1S/C16H19N3O2S/c1-12-7-5-6-10-19(12)14(20)11-22-16-18-17-15(21-16)13-8-3-2-4-9-13/h2-4,8-9,12H,5-7,10-11H2,1H3. The van der Waals surface area contributed by atoms with Crippen molar-refractivity contribution < 1.29 is 9.21 Å². The molecule has 22 heavy (non-hydrogen) atoms. The molecular weight excluding hydrogens is 298 g/mol. The van der Waals surface area contributed by atoms with E-state index in [2.05, 4.69) is 17.1 Å². The van der Waals surface area contributed by atoms with Crippen molar-refractivity contribution in [3.63, 3.8) is 0 Å². The van der Waals surface area contributed by atoms with Crippen LogP contribution in [-0.4, -0.2) is 39.3 Å². The second kappa shape index (κ2) is 6.96. The first-order valence-corrected chi connectivity index (χ1v) is 8.54. The van der Waals surface area contributed by atoms with E-state index in [-0.39, 0.29) is 5.91 Å². The molecule has 1 aliphatic heterocycles. The van der Waals surface area contributed by atoms with Crippen molar-refractivity contribution in [2.75, 3.05) is 12.3 Å². The van der Waals surface area contributed by atoms with E-state index < -0.39 is 0 Å². The molecule has 1 aliphatic rings. The van der Waals surface area contributed by atoms with E-state index in [0.717, 1.165) is 24.9 Å². The van der Waals surface area contributed by atoms with E-state index in [1.54, 1.807) is 0 Å². The Morgan fingerprint density at radius 2 is 2.14 bits per heavy atom. The summed E-state index contributed by atoms with van der Waals surface area (Å²) in [4.78, 5) is 14.2. The topological polar surface area (TPSA) is 59.2 Å². The molecule has 1 aromatic carbocycles. The van der Waals surface area contributed by atoms with Crippen molar-refractivity contribution in [1.82, 2.24) is 15.1 Å². The van der Waals surface area contributed by atoms with Crippen LogP contribution in [0.15, 0.2) is 40.0 Å². The highest BCUT2D eigenvalue weighted by molar-refractivity contribution is 7.99. The molecule has 6 heteroatoms. The summed E-state index contributed by atoms with van der Waals surface area (Å²) >= 11 is 1.31. The number of likely N-dealkylation sites (tertiary alicyclic amines) is 1. The van der Waals surface area contributed by atoms with Crippen LogP contribution in [0.4, 0.5) is 0 Å². The van der Waals surface area contributed by atoms with Crippen LogP contribution in [0.1, 0.15) is 26.2 Å². The van der Waals surface area contributed by atoms with Crippen molar-refractivity contribution >= 4 is 17.7 Å². The molecule has 1 fully saturated rings. The summed E-state index contributed by atoms with van der Waals surface area (Å²) in [6.07, 6.45) is 3.40. The van der Waals surface area contributed by atoms with Gasteiger partial charge in [0.05, 0.1) is 5.75 Å². The number of piperidine rings is 1. The Balaban J connectivity index is 1.58. The van der Waals surface area contributed by atoms with Crippen LogP contribution in [0.25, 0.3) is 11.5 Å². The Morgan fingerprint density at radius 1 is 1.32 bits per heavy atom. The van der Waals surface area contributed by atoms with Gasteiger partial charge in [0.1, 0.15) is 0 Å². The molecule has 0 radical (unpaired) electrons. The van der Waals surface area contributed by atoms with Gasteiger partial charge in [-0.25, -0.2) is 0 Å². The van der Waals surface area contributed by atoms with E-state index in [4.69, 9.17) is 4.42 Å². The van der Waals surface area contributed by atoms with Crippen molar-refractivity contribution in [3.05, 3.63) is 30.3 Å². The van der Waals surface area contributed by atoms with E-state index >= 15 is 0 Å². The molecular formula is C16H19N3O2S. The first-order valence-electron chi connectivity index (χ1n) is 7.55. The van der Waals surface area contributed by atoms with Crippen LogP contribution in [0.3, 0.4) is 0 Å². The van der Waals surface area contributed by atoms with Crippen molar-refractivity contribution in [2.24, 2.45) is 0 Å². The Hall–Kier alpha value is -1.82. The largest absolute Gasteiger partial charge is 0.411 e. The van der Waals surface area contributed by atoms with Crippen LogP contribution in [0.2, 0.25) is 0 Å². The van der Waals surface area contributed by atoms with Crippen LogP contribution < -0.4 is 0 Å². The number of carbonyl (C=O) groups is 1. The highest BCUT2D eigenvalue weighted by Crippen LogP contribution is 2.24. The third kappa shape index (κ3) is 3.50. The van der Waals surface area contributed by atoms with Gasteiger partial charge in [0, 0.05) is 18.2 Å². The minimum atomic E-state index is 0.150. The maximum absolute atomic E-state index is 12.3. The third-order valence-corrected chi connectivity index (χ3v) is 4.67. The molecule has 2 aromatic rings. The lowest BCUT2D eigenvalue weighted by Gasteiger charge is -2.33. The molecule has 1 unspecified atom stereocenters. The first kappa shape index (κ1) is 15.1. The molecule has 2 heterocycles. The summed E-state index contributed by atoms with van der Waals surface area (Å²) in [5, 5.41) is 8.48. The maximum atomic E-state index is 12.3. The number of nitrogens with zero attached hydrogens (tertiary/aromatic N) is 3. The van der Waals surface area contributed by atoms with Gasteiger partial charge in [0.2, 0.25) is 11.8 Å². The van der Waals surface area contributed by atoms with Crippen LogP contribution in [-0.2, 0) is 4.79 Å². The zero-order chi connectivity index (χ0) is 15.4. The van der Waals surface area contributed by atoms with E-state index in [1.807, 2.05) is 35.2 Å². The van der Waals surface area contributed by atoms with Crippen molar-refractivity contribution in [1.29, 1.82) is 0 Å². The fourth-order valence-electron chi connectivity index (χ4n) is 2.64. The van der Waals surface area contributed by atoms with E-state index in [0.29, 0.717) is 22.9 Å². The molecule has 1 amide bonds. The molecule has 3 rings (SSSR count). The van der Waals surface area contributed by atoms with Gasteiger partial charge < -0.3 is 9.32 Å². The number of hydrogen-bond acceptors (Lipinski definition) is 5. The monoisotopic (exact) mass is 317 g/mol. The Bertz CT molecular complexity index is 629. The molecule has 0 saturated carbocycles. The van der Waals surface area contributed by atoms with Gasteiger partial charge >= 0.3 is 0 Å². The molecule has 0 N–H and O–H groups in total. The summed E-state index contributed by atoms with van der Waals surface area (Å²) in [7, 11) is 0. The normalized spacial score (nSPS) is 18.4. The second-order valence-electron chi connectivity index (χ2n) is 5.46. The highest BCUT2D eigenvalue weighted by atomic mass is 32.2. The quantitative estimate of drug-likeness (QED) is 0.810. The van der Waals surface area contributed by atoms with Crippen LogP contribution in [0.5, 0.6) is 0 Å². The van der Waals surface area contributed by atoms with Crippen molar-refractivity contribution in [2.45, 2.75) is 37.5 Å². The molecule has 5 nitrogen and oxygen atoms in total. The molecule has 1 aromatic heterocycles. The van der Waals surface area contributed by atoms with Gasteiger partial charge in [0.15, 0.2) is 0 Å². The number of hydrogen-bond donors (Lipinski definition) is 0. The number of thioether (sulfide) groups is 1. The predicted octanol–water partition coefficient (Wildman–Crippen LogP) is 3.23. The lowest BCUT2D eigenvalue weighted by molar-refractivity contribution is -0.131. The van der Waals surface area contributed by atoms with Gasteiger partial charge in [-0.15, -0.1) is 10.2 Å². The number of amides is 1. The maximum Gasteiger partial charge on any atom is 0.277 e. The zero-order valence-corrected chi connectivity index (χ0v) is 13.4. The molecule has 1 saturated heterocycles. The van der Waals surface area contributed by atoms with Gasteiger partial charge in [-0.05, 0) is 38.3 Å². The summed E-state index contributed by atoms with van der Waals surface area (Å²) in [6.45, 7) is 2.97. The fraction of sp³-hybridized carbons (Fsp3) is 0.438. The number of aromatic nitrogens is 2. The van der Waals surface area contributed by atoms with Gasteiger partial charge in [-0.1, -0.05) is 30.0 Å². The number of carbonyl (C=O) groups excluding carboxylic acids is 1. The van der Waals surface area contributed by atoms with Gasteiger partial charge in [-0.3, -0.25) is 4.79 Å². The van der Waals surface area contributed by atoms with Gasteiger partial charge in [-0.2, -0.15) is 0 Å². The second-order valence-corrected chi connectivity index (χ2v) is 6.39. The third-order valence-electron chi connectivity index (χ3n) is 3.87. The zero-order valence-electron chi connectivity index (χ0n) is 12.6. The summed E-state index contributed by atoms with van der Waals surface area (Å²) in [5.74, 6) is 0.986. The minimum absolute atomic E-state index is 0.150.